The molecule has 0 bridgehead atoms. The number of aromatic nitrogens is 2. The van der Waals surface area contributed by atoms with Crippen molar-refractivity contribution in [2.24, 2.45) is 5.92 Å². The fourth-order valence-electron chi connectivity index (χ4n) is 2.46. The first-order chi connectivity index (χ1) is 13.4. The van der Waals surface area contributed by atoms with Gasteiger partial charge in [0, 0.05) is 24.2 Å². The number of nitrogens with one attached hydrogen (secondary N) is 2. The molecule has 0 fully saturated rings. The van der Waals surface area contributed by atoms with E-state index in [1.165, 1.54) is 12.1 Å². The summed E-state index contributed by atoms with van der Waals surface area (Å²) in [4.78, 5) is 21.4. The van der Waals surface area contributed by atoms with Crippen LogP contribution >= 0.6 is 0 Å². The SMILES string of the molecule is CC(C)CNc1cc(C(=O)Nc2ccc(F)cc2F)nc(-c2ccccc2)n1. The van der Waals surface area contributed by atoms with Crippen molar-refractivity contribution in [1.82, 2.24) is 9.97 Å². The number of rotatable bonds is 6. The molecule has 0 atom stereocenters. The molecule has 0 saturated heterocycles. The summed E-state index contributed by atoms with van der Waals surface area (Å²) < 4.78 is 26.9. The maximum absolute atomic E-state index is 13.9. The van der Waals surface area contributed by atoms with Crippen LogP contribution in [0.4, 0.5) is 20.3 Å². The molecule has 0 aliphatic heterocycles. The normalized spacial score (nSPS) is 10.8. The summed E-state index contributed by atoms with van der Waals surface area (Å²) in [5.74, 6) is -0.947. The maximum Gasteiger partial charge on any atom is 0.274 e. The Labute approximate surface area is 161 Å². The molecule has 3 rings (SSSR count). The molecule has 0 radical (unpaired) electrons. The van der Waals surface area contributed by atoms with Gasteiger partial charge >= 0.3 is 0 Å². The Kier molecular flexibility index (Phi) is 5.93. The summed E-state index contributed by atoms with van der Waals surface area (Å²) in [7, 11) is 0. The van der Waals surface area contributed by atoms with Crippen molar-refractivity contribution in [3.63, 3.8) is 0 Å². The molecule has 0 spiro atoms. The van der Waals surface area contributed by atoms with Crippen LogP contribution in [0.2, 0.25) is 0 Å². The first-order valence-electron chi connectivity index (χ1n) is 8.87. The van der Waals surface area contributed by atoms with E-state index in [0.29, 0.717) is 30.2 Å². The van der Waals surface area contributed by atoms with Crippen LogP contribution < -0.4 is 10.6 Å². The van der Waals surface area contributed by atoms with Gasteiger partial charge in [0.05, 0.1) is 5.69 Å². The lowest BCUT2D eigenvalue weighted by atomic mass is 10.2. The van der Waals surface area contributed by atoms with Crippen molar-refractivity contribution in [3.8, 4) is 11.4 Å². The number of hydrogen-bond acceptors (Lipinski definition) is 4. The van der Waals surface area contributed by atoms with E-state index < -0.39 is 17.5 Å². The molecule has 0 unspecified atom stereocenters. The van der Waals surface area contributed by atoms with Crippen LogP contribution in [0.3, 0.4) is 0 Å². The molecule has 2 aromatic carbocycles. The van der Waals surface area contributed by atoms with E-state index >= 15 is 0 Å². The molecule has 0 saturated carbocycles. The molecule has 28 heavy (non-hydrogen) atoms. The molecule has 144 valence electrons. The second kappa shape index (κ2) is 8.56. The summed E-state index contributed by atoms with van der Waals surface area (Å²) in [5, 5.41) is 5.60. The molecule has 1 aromatic heterocycles. The zero-order valence-electron chi connectivity index (χ0n) is 15.5. The number of hydrogen-bond donors (Lipinski definition) is 2. The molecule has 0 aliphatic carbocycles. The Bertz CT molecular complexity index is 977. The molecule has 1 amide bonds. The summed E-state index contributed by atoms with van der Waals surface area (Å²) in [5.41, 5.74) is 0.699. The maximum atomic E-state index is 13.9. The van der Waals surface area contributed by atoms with Gasteiger partial charge in [0.1, 0.15) is 23.1 Å². The van der Waals surface area contributed by atoms with Gasteiger partial charge in [-0.05, 0) is 18.1 Å². The van der Waals surface area contributed by atoms with Crippen LogP contribution in [-0.2, 0) is 0 Å². The van der Waals surface area contributed by atoms with E-state index in [1.807, 2.05) is 30.3 Å². The largest absolute Gasteiger partial charge is 0.370 e. The summed E-state index contributed by atoms with van der Waals surface area (Å²) in [6.07, 6.45) is 0. The van der Waals surface area contributed by atoms with Crippen LogP contribution in [0.1, 0.15) is 24.3 Å². The van der Waals surface area contributed by atoms with Gasteiger partial charge in [-0.3, -0.25) is 4.79 Å². The highest BCUT2D eigenvalue weighted by Crippen LogP contribution is 2.20. The molecule has 2 N–H and O–H groups in total. The highest BCUT2D eigenvalue weighted by atomic mass is 19.1. The topological polar surface area (TPSA) is 66.9 Å². The average molecular weight is 382 g/mol. The third-order valence-corrected chi connectivity index (χ3v) is 3.86. The van der Waals surface area contributed by atoms with Gasteiger partial charge in [0.2, 0.25) is 0 Å². The van der Waals surface area contributed by atoms with Crippen LogP contribution in [-0.4, -0.2) is 22.4 Å². The van der Waals surface area contributed by atoms with Gasteiger partial charge in [-0.15, -0.1) is 0 Å². The summed E-state index contributed by atoms with van der Waals surface area (Å²) in [6, 6.07) is 13.7. The standard InChI is InChI=1S/C21H20F2N4O/c1-13(2)12-24-19-11-18(25-20(27-19)14-6-4-3-5-7-14)21(28)26-17-9-8-15(22)10-16(17)23/h3-11,13H,12H2,1-2H3,(H,26,28)(H,24,25,27). The summed E-state index contributed by atoms with van der Waals surface area (Å²) >= 11 is 0. The van der Waals surface area contributed by atoms with Crippen molar-refractivity contribution in [3.05, 3.63) is 71.9 Å². The highest BCUT2D eigenvalue weighted by Gasteiger charge is 2.15. The fraction of sp³-hybridized carbons (Fsp3) is 0.190. The third-order valence-electron chi connectivity index (χ3n) is 3.86. The lowest BCUT2D eigenvalue weighted by molar-refractivity contribution is 0.102. The quantitative estimate of drug-likeness (QED) is 0.646. The lowest BCUT2D eigenvalue weighted by Crippen LogP contribution is -2.17. The smallest absolute Gasteiger partial charge is 0.274 e. The zero-order chi connectivity index (χ0) is 20.1. The third kappa shape index (κ3) is 4.88. The minimum atomic E-state index is -0.858. The molecular formula is C21H20F2N4O. The lowest BCUT2D eigenvalue weighted by Gasteiger charge is -2.12. The second-order valence-electron chi connectivity index (χ2n) is 6.68. The van der Waals surface area contributed by atoms with E-state index in [-0.39, 0.29) is 11.4 Å². The Hall–Kier alpha value is -3.35. The van der Waals surface area contributed by atoms with Gasteiger partial charge < -0.3 is 10.6 Å². The molecule has 3 aromatic rings. The Morgan fingerprint density at radius 1 is 1.04 bits per heavy atom. The van der Waals surface area contributed by atoms with Crippen molar-refractivity contribution in [1.29, 1.82) is 0 Å². The van der Waals surface area contributed by atoms with E-state index in [0.717, 1.165) is 11.6 Å². The highest BCUT2D eigenvalue weighted by molar-refractivity contribution is 6.03. The number of nitrogens with zero attached hydrogens (tertiary/aromatic N) is 2. The van der Waals surface area contributed by atoms with Crippen molar-refractivity contribution in [2.75, 3.05) is 17.2 Å². The van der Waals surface area contributed by atoms with Crippen molar-refractivity contribution < 1.29 is 13.6 Å². The van der Waals surface area contributed by atoms with Gasteiger partial charge in [0.25, 0.3) is 5.91 Å². The van der Waals surface area contributed by atoms with E-state index in [2.05, 4.69) is 34.4 Å². The number of carbonyl (C=O) groups is 1. The van der Waals surface area contributed by atoms with Gasteiger partial charge in [-0.25, -0.2) is 18.7 Å². The summed E-state index contributed by atoms with van der Waals surface area (Å²) in [6.45, 7) is 4.77. The fourth-order valence-corrected chi connectivity index (χ4v) is 2.46. The van der Waals surface area contributed by atoms with Gasteiger partial charge in [-0.1, -0.05) is 44.2 Å². The molecule has 5 nitrogen and oxygen atoms in total. The van der Waals surface area contributed by atoms with Crippen molar-refractivity contribution >= 4 is 17.4 Å². The zero-order valence-corrected chi connectivity index (χ0v) is 15.5. The van der Waals surface area contributed by atoms with Crippen LogP contribution in [0, 0.1) is 17.6 Å². The Balaban J connectivity index is 1.93. The van der Waals surface area contributed by atoms with E-state index in [9.17, 15) is 13.6 Å². The minimum absolute atomic E-state index is 0.0730. The van der Waals surface area contributed by atoms with Crippen molar-refractivity contribution in [2.45, 2.75) is 13.8 Å². The molecule has 1 heterocycles. The van der Waals surface area contributed by atoms with Crippen LogP contribution in [0.5, 0.6) is 0 Å². The van der Waals surface area contributed by atoms with E-state index in [1.54, 1.807) is 0 Å². The van der Waals surface area contributed by atoms with Gasteiger partial charge in [0.15, 0.2) is 5.82 Å². The predicted octanol–water partition coefficient (Wildman–Crippen LogP) is 4.74. The number of amides is 1. The second-order valence-corrected chi connectivity index (χ2v) is 6.68. The Morgan fingerprint density at radius 2 is 1.79 bits per heavy atom. The number of anilines is 2. The Morgan fingerprint density at radius 3 is 2.46 bits per heavy atom. The molecular weight excluding hydrogens is 362 g/mol. The van der Waals surface area contributed by atoms with E-state index in [4.69, 9.17) is 0 Å². The van der Waals surface area contributed by atoms with Gasteiger partial charge in [-0.2, -0.15) is 0 Å². The van der Waals surface area contributed by atoms with Crippen LogP contribution in [0.25, 0.3) is 11.4 Å². The first kappa shape index (κ1) is 19.4. The predicted molar refractivity (Wildman–Crippen MR) is 105 cm³/mol. The number of benzene rings is 2. The average Bonchev–Trinajstić information content (AvgIpc) is 2.69. The number of halogens is 2. The molecule has 0 aliphatic rings. The van der Waals surface area contributed by atoms with Crippen LogP contribution in [0.15, 0.2) is 54.6 Å². The minimum Gasteiger partial charge on any atom is -0.370 e. The first-order valence-corrected chi connectivity index (χ1v) is 8.87. The number of carbonyl (C=O) groups excluding carboxylic acids is 1. The monoisotopic (exact) mass is 382 g/mol. The molecule has 7 heteroatoms.